The lowest BCUT2D eigenvalue weighted by Gasteiger charge is -2.09. The van der Waals surface area contributed by atoms with Crippen molar-refractivity contribution in [2.75, 3.05) is 0 Å². The van der Waals surface area contributed by atoms with Gasteiger partial charge in [-0.1, -0.05) is 105 Å². The van der Waals surface area contributed by atoms with Crippen molar-refractivity contribution in [1.29, 1.82) is 0 Å². The highest BCUT2D eigenvalue weighted by molar-refractivity contribution is 9.10. The van der Waals surface area contributed by atoms with Gasteiger partial charge in [0.1, 0.15) is 0 Å². The largest absolute Gasteiger partial charge is 0.0654 e. The Kier molecular flexibility index (Phi) is 9.32. The van der Waals surface area contributed by atoms with Crippen LogP contribution >= 0.6 is 15.9 Å². The molecule has 0 nitrogen and oxygen atoms in total. The van der Waals surface area contributed by atoms with E-state index in [0.29, 0.717) is 0 Å². The Hall–Kier alpha value is -1.08. The molecule has 0 spiro atoms. The summed E-state index contributed by atoms with van der Waals surface area (Å²) in [5, 5.41) is 0. The Morgan fingerprint density at radius 2 is 1.20 bits per heavy atom. The predicted molar refractivity (Wildman–Crippen MR) is 115 cm³/mol. The molecule has 0 amide bonds. The fraction of sp³-hybridized carbons (Fsp3) is 0.500. The first-order valence-electron chi connectivity index (χ1n) is 10.1. The summed E-state index contributed by atoms with van der Waals surface area (Å²) in [6.07, 6.45) is 13.0. The van der Waals surface area contributed by atoms with E-state index in [1.807, 2.05) is 0 Å². The maximum atomic E-state index is 3.78. The van der Waals surface area contributed by atoms with Crippen molar-refractivity contribution in [3.8, 4) is 11.1 Å². The third-order valence-electron chi connectivity index (χ3n) is 4.94. The Morgan fingerprint density at radius 3 is 1.76 bits per heavy atom. The van der Waals surface area contributed by atoms with Crippen LogP contribution in [-0.4, -0.2) is 0 Å². The highest BCUT2D eigenvalue weighted by Crippen LogP contribution is 2.30. The van der Waals surface area contributed by atoms with E-state index in [1.54, 1.807) is 0 Å². The van der Waals surface area contributed by atoms with Crippen LogP contribution in [0.4, 0.5) is 0 Å². The molecule has 0 N–H and O–H groups in total. The molecule has 0 saturated carbocycles. The summed E-state index contributed by atoms with van der Waals surface area (Å²) in [7, 11) is 0. The minimum atomic E-state index is 1.19. The van der Waals surface area contributed by atoms with Gasteiger partial charge in [0.15, 0.2) is 0 Å². The van der Waals surface area contributed by atoms with Crippen LogP contribution in [0.2, 0.25) is 0 Å². The van der Waals surface area contributed by atoms with E-state index >= 15 is 0 Å². The van der Waals surface area contributed by atoms with E-state index < -0.39 is 0 Å². The molecule has 25 heavy (non-hydrogen) atoms. The highest BCUT2D eigenvalue weighted by atomic mass is 79.9. The van der Waals surface area contributed by atoms with Crippen LogP contribution in [0.3, 0.4) is 0 Å². The fourth-order valence-electron chi connectivity index (χ4n) is 3.31. The molecule has 0 unspecified atom stereocenters. The van der Waals surface area contributed by atoms with Crippen LogP contribution in [0.25, 0.3) is 11.1 Å². The van der Waals surface area contributed by atoms with Crippen LogP contribution in [0.5, 0.6) is 0 Å². The average molecular weight is 401 g/mol. The zero-order valence-electron chi connectivity index (χ0n) is 16.0. The van der Waals surface area contributed by atoms with Gasteiger partial charge < -0.3 is 0 Å². The van der Waals surface area contributed by atoms with E-state index in [4.69, 9.17) is 0 Å². The number of rotatable bonds is 11. The molecule has 2 aromatic rings. The quantitative estimate of drug-likeness (QED) is 0.332. The minimum Gasteiger partial charge on any atom is -0.0654 e. The van der Waals surface area contributed by atoms with Crippen molar-refractivity contribution in [3.63, 3.8) is 0 Å². The third-order valence-corrected chi connectivity index (χ3v) is 5.59. The van der Waals surface area contributed by atoms with Gasteiger partial charge >= 0.3 is 0 Å². The molecule has 2 rings (SSSR count). The van der Waals surface area contributed by atoms with E-state index in [2.05, 4.69) is 72.2 Å². The minimum absolute atomic E-state index is 1.19. The second-order valence-corrected chi connectivity index (χ2v) is 7.99. The first-order chi connectivity index (χ1) is 12.2. The summed E-state index contributed by atoms with van der Waals surface area (Å²) < 4.78 is 1.22. The second kappa shape index (κ2) is 11.5. The predicted octanol–water partition coefficient (Wildman–Crippen LogP) is 8.36. The molecule has 0 aliphatic rings. The molecular weight excluding hydrogens is 368 g/mol. The van der Waals surface area contributed by atoms with Gasteiger partial charge in [-0.15, -0.1) is 0 Å². The summed E-state index contributed by atoms with van der Waals surface area (Å²) in [4.78, 5) is 0. The molecule has 0 atom stereocenters. The Morgan fingerprint density at radius 1 is 0.640 bits per heavy atom. The summed E-state index contributed by atoms with van der Waals surface area (Å²) in [6, 6.07) is 16.0. The third kappa shape index (κ3) is 6.98. The molecule has 0 bridgehead atoms. The summed E-state index contributed by atoms with van der Waals surface area (Å²) in [5.41, 5.74) is 5.51. The van der Waals surface area contributed by atoms with Crippen LogP contribution in [0.1, 0.15) is 76.3 Å². The SMILES string of the molecule is CCCCCCc1ccc(-c2ccc(CCCCCC)cc2Br)cc1. The van der Waals surface area contributed by atoms with Gasteiger partial charge in [-0.2, -0.15) is 0 Å². The van der Waals surface area contributed by atoms with E-state index in [9.17, 15) is 0 Å². The van der Waals surface area contributed by atoms with E-state index in [1.165, 1.54) is 90.9 Å². The van der Waals surface area contributed by atoms with Crippen molar-refractivity contribution >= 4 is 15.9 Å². The topological polar surface area (TPSA) is 0 Å². The van der Waals surface area contributed by atoms with Crippen molar-refractivity contribution < 1.29 is 0 Å². The first-order valence-corrected chi connectivity index (χ1v) is 10.9. The lowest BCUT2D eigenvalue weighted by molar-refractivity contribution is 0.667. The molecule has 0 heterocycles. The molecule has 0 aromatic heterocycles. The fourth-order valence-corrected chi connectivity index (χ4v) is 3.97. The molecule has 0 radical (unpaired) electrons. The van der Waals surface area contributed by atoms with Crippen molar-refractivity contribution in [2.45, 2.75) is 78.1 Å². The zero-order valence-corrected chi connectivity index (χ0v) is 17.6. The normalized spacial score (nSPS) is 11.0. The van der Waals surface area contributed by atoms with Gasteiger partial charge in [-0.3, -0.25) is 0 Å². The van der Waals surface area contributed by atoms with E-state index in [-0.39, 0.29) is 0 Å². The van der Waals surface area contributed by atoms with Crippen molar-refractivity contribution in [3.05, 3.63) is 58.1 Å². The first kappa shape index (κ1) is 20.2. The summed E-state index contributed by atoms with van der Waals surface area (Å²) >= 11 is 3.78. The molecule has 136 valence electrons. The van der Waals surface area contributed by atoms with Crippen LogP contribution in [-0.2, 0) is 12.8 Å². The van der Waals surface area contributed by atoms with Crippen molar-refractivity contribution in [2.24, 2.45) is 0 Å². The maximum Gasteiger partial charge on any atom is 0.0256 e. The Balaban J connectivity index is 1.94. The Labute approximate surface area is 163 Å². The number of benzene rings is 2. The summed E-state index contributed by atoms with van der Waals surface area (Å²) in [5.74, 6) is 0. The zero-order chi connectivity index (χ0) is 17.9. The van der Waals surface area contributed by atoms with Crippen LogP contribution in [0, 0.1) is 0 Å². The smallest absolute Gasteiger partial charge is 0.0256 e. The van der Waals surface area contributed by atoms with Gasteiger partial charge in [0.25, 0.3) is 0 Å². The van der Waals surface area contributed by atoms with Gasteiger partial charge in [0, 0.05) is 4.47 Å². The monoisotopic (exact) mass is 400 g/mol. The molecule has 0 saturated heterocycles. The number of unbranched alkanes of at least 4 members (excludes halogenated alkanes) is 6. The van der Waals surface area contributed by atoms with Crippen molar-refractivity contribution in [1.82, 2.24) is 0 Å². The van der Waals surface area contributed by atoms with E-state index in [0.717, 1.165) is 0 Å². The molecule has 0 aliphatic heterocycles. The highest BCUT2D eigenvalue weighted by Gasteiger charge is 2.05. The number of halogens is 1. The molecular formula is C24H33Br. The average Bonchev–Trinajstić information content (AvgIpc) is 2.63. The molecule has 1 heteroatoms. The number of hydrogen-bond acceptors (Lipinski definition) is 0. The van der Waals surface area contributed by atoms with Gasteiger partial charge in [0.05, 0.1) is 0 Å². The maximum absolute atomic E-state index is 3.78. The molecule has 0 aliphatic carbocycles. The standard InChI is InChI=1S/C24H33Br/c1-3-5-7-9-11-20-13-16-22(17-14-20)23-18-15-21(19-24(23)25)12-10-8-6-4-2/h13-19H,3-12H2,1-2H3. The number of hydrogen-bond donors (Lipinski definition) is 0. The summed E-state index contributed by atoms with van der Waals surface area (Å²) in [6.45, 7) is 4.53. The molecule has 2 aromatic carbocycles. The van der Waals surface area contributed by atoms with Gasteiger partial charge in [-0.25, -0.2) is 0 Å². The second-order valence-electron chi connectivity index (χ2n) is 7.13. The van der Waals surface area contributed by atoms with Gasteiger partial charge in [0.2, 0.25) is 0 Å². The number of aryl methyl sites for hydroxylation is 2. The Bertz CT molecular complexity index is 612. The van der Waals surface area contributed by atoms with Gasteiger partial charge in [-0.05, 0) is 54.0 Å². The molecule has 0 fully saturated rings. The lowest BCUT2D eigenvalue weighted by atomic mass is 9.99. The van der Waals surface area contributed by atoms with Crippen LogP contribution < -0.4 is 0 Å². The van der Waals surface area contributed by atoms with Crippen LogP contribution in [0.15, 0.2) is 46.9 Å². The lowest BCUT2D eigenvalue weighted by Crippen LogP contribution is -1.89.